The van der Waals surface area contributed by atoms with Gasteiger partial charge in [0.15, 0.2) is 11.5 Å². The van der Waals surface area contributed by atoms with Crippen LogP contribution in [0.5, 0.6) is 0 Å². The van der Waals surface area contributed by atoms with Crippen LogP contribution in [0.2, 0.25) is 0 Å². The second-order valence-electron chi connectivity index (χ2n) is 3.98. The molecule has 1 saturated heterocycles. The van der Waals surface area contributed by atoms with E-state index in [1.165, 1.54) is 6.20 Å². The molecule has 6 nitrogen and oxygen atoms in total. The zero-order chi connectivity index (χ0) is 13.1. The molecule has 1 aliphatic heterocycles. The lowest BCUT2D eigenvalue weighted by Gasteiger charge is -2.31. The standard InChI is InChI=1S/C11H14BrN3O3/c1-2-15-3-4-18-8(6-15)10-13-5-7(12)9(14-10)11(16)17/h5,8H,2-4,6H2,1H3,(H,16,17). The predicted molar refractivity (Wildman–Crippen MR) is 67.5 cm³/mol. The lowest BCUT2D eigenvalue weighted by Crippen LogP contribution is -2.38. The van der Waals surface area contributed by atoms with Gasteiger partial charge in [-0.25, -0.2) is 14.8 Å². The fourth-order valence-corrected chi connectivity index (χ4v) is 2.19. The average Bonchev–Trinajstić information content (AvgIpc) is 2.39. The fraction of sp³-hybridized carbons (Fsp3) is 0.545. The van der Waals surface area contributed by atoms with Crippen molar-refractivity contribution >= 4 is 21.9 Å². The zero-order valence-electron chi connectivity index (χ0n) is 9.97. The van der Waals surface area contributed by atoms with Crippen molar-refractivity contribution in [3.8, 4) is 0 Å². The Morgan fingerprint density at radius 1 is 1.72 bits per heavy atom. The smallest absolute Gasteiger partial charge is 0.355 e. The molecule has 1 aromatic rings. The number of ether oxygens (including phenoxy) is 1. The van der Waals surface area contributed by atoms with Crippen molar-refractivity contribution in [3.63, 3.8) is 0 Å². The summed E-state index contributed by atoms with van der Waals surface area (Å²) in [5.41, 5.74) is -0.0304. The molecule has 0 radical (unpaired) electrons. The van der Waals surface area contributed by atoms with Crippen LogP contribution in [0.4, 0.5) is 0 Å². The molecule has 0 saturated carbocycles. The van der Waals surface area contributed by atoms with E-state index in [0.717, 1.165) is 13.1 Å². The summed E-state index contributed by atoms with van der Waals surface area (Å²) in [5, 5.41) is 9.02. The van der Waals surface area contributed by atoms with E-state index in [2.05, 4.69) is 37.7 Å². The molecule has 18 heavy (non-hydrogen) atoms. The van der Waals surface area contributed by atoms with Gasteiger partial charge in [-0.05, 0) is 22.5 Å². The van der Waals surface area contributed by atoms with Crippen molar-refractivity contribution in [2.24, 2.45) is 0 Å². The van der Waals surface area contributed by atoms with Crippen LogP contribution >= 0.6 is 15.9 Å². The van der Waals surface area contributed by atoms with Crippen molar-refractivity contribution in [3.05, 3.63) is 22.2 Å². The molecular weight excluding hydrogens is 302 g/mol. The van der Waals surface area contributed by atoms with Crippen molar-refractivity contribution in [2.45, 2.75) is 13.0 Å². The number of carboxylic acids is 1. The van der Waals surface area contributed by atoms with E-state index in [1.807, 2.05) is 0 Å². The highest BCUT2D eigenvalue weighted by atomic mass is 79.9. The van der Waals surface area contributed by atoms with Gasteiger partial charge in [-0.15, -0.1) is 0 Å². The van der Waals surface area contributed by atoms with Crippen LogP contribution in [0.1, 0.15) is 29.3 Å². The Balaban J connectivity index is 2.22. The Morgan fingerprint density at radius 3 is 3.17 bits per heavy atom. The van der Waals surface area contributed by atoms with Gasteiger partial charge >= 0.3 is 5.97 Å². The molecule has 0 spiro atoms. The molecule has 0 amide bonds. The lowest BCUT2D eigenvalue weighted by atomic mass is 10.2. The second kappa shape index (κ2) is 5.73. The van der Waals surface area contributed by atoms with Gasteiger partial charge in [0.05, 0.1) is 11.1 Å². The summed E-state index contributed by atoms with van der Waals surface area (Å²) in [6, 6.07) is 0. The number of rotatable bonds is 3. The monoisotopic (exact) mass is 315 g/mol. The topological polar surface area (TPSA) is 75.5 Å². The molecule has 1 aliphatic rings. The summed E-state index contributed by atoms with van der Waals surface area (Å²) in [6.07, 6.45) is 1.20. The first-order valence-corrected chi connectivity index (χ1v) is 6.50. The second-order valence-corrected chi connectivity index (χ2v) is 4.84. The number of carboxylic acid groups (broad SMARTS) is 1. The minimum atomic E-state index is -1.08. The number of likely N-dealkylation sites (N-methyl/N-ethyl adjacent to an activating group) is 1. The van der Waals surface area contributed by atoms with E-state index in [1.54, 1.807) is 0 Å². The molecule has 1 aromatic heterocycles. The predicted octanol–water partition coefficient (Wildman–Crippen LogP) is 1.33. The van der Waals surface area contributed by atoms with E-state index in [-0.39, 0.29) is 11.8 Å². The Morgan fingerprint density at radius 2 is 2.50 bits per heavy atom. The molecule has 1 unspecified atom stereocenters. The molecule has 98 valence electrons. The minimum Gasteiger partial charge on any atom is -0.476 e. The Kier molecular flexibility index (Phi) is 4.26. The largest absolute Gasteiger partial charge is 0.476 e. The summed E-state index contributed by atoms with van der Waals surface area (Å²) < 4.78 is 5.97. The molecule has 2 rings (SSSR count). The van der Waals surface area contributed by atoms with Gasteiger partial charge in [-0.3, -0.25) is 4.90 Å². The summed E-state index contributed by atoms with van der Waals surface area (Å²) >= 11 is 3.12. The highest BCUT2D eigenvalue weighted by Gasteiger charge is 2.24. The molecule has 0 aliphatic carbocycles. The van der Waals surface area contributed by atoms with Crippen LogP contribution in [-0.4, -0.2) is 52.2 Å². The lowest BCUT2D eigenvalue weighted by molar-refractivity contribution is -0.0326. The number of carbonyl (C=O) groups is 1. The third-order valence-corrected chi connectivity index (χ3v) is 3.43. The van der Waals surface area contributed by atoms with Crippen LogP contribution in [0.15, 0.2) is 10.7 Å². The van der Waals surface area contributed by atoms with Crippen LogP contribution in [0.3, 0.4) is 0 Å². The highest BCUT2D eigenvalue weighted by Crippen LogP contribution is 2.21. The van der Waals surface area contributed by atoms with E-state index in [0.29, 0.717) is 23.4 Å². The molecule has 0 bridgehead atoms. The van der Waals surface area contributed by atoms with Gasteiger partial charge in [0, 0.05) is 19.3 Å². The molecule has 1 N–H and O–H groups in total. The maximum absolute atomic E-state index is 11.0. The third kappa shape index (κ3) is 2.85. The number of hydrogen-bond donors (Lipinski definition) is 1. The Labute approximate surface area is 113 Å². The van der Waals surface area contributed by atoms with Gasteiger partial charge in [0.2, 0.25) is 0 Å². The third-order valence-electron chi connectivity index (χ3n) is 2.85. The van der Waals surface area contributed by atoms with Gasteiger partial charge < -0.3 is 9.84 Å². The van der Waals surface area contributed by atoms with Crippen LogP contribution in [0.25, 0.3) is 0 Å². The molecular formula is C11H14BrN3O3. The number of aromatic carboxylic acids is 1. The maximum Gasteiger partial charge on any atom is 0.355 e. The maximum atomic E-state index is 11.0. The summed E-state index contributed by atoms with van der Waals surface area (Å²) in [5.74, 6) is -0.651. The number of halogens is 1. The van der Waals surface area contributed by atoms with Gasteiger partial charge in [0.25, 0.3) is 0 Å². The van der Waals surface area contributed by atoms with E-state index in [4.69, 9.17) is 9.84 Å². The number of hydrogen-bond acceptors (Lipinski definition) is 5. The van der Waals surface area contributed by atoms with Crippen LogP contribution in [0, 0.1) is 0 Å². The summed E-state index contributed by atoms with van der Waals surface area (Å²) in [6.45, 7) is 5.20. The summed E-state index contributed by atoms with van der Waals surface area (Å²) in [4.78, 5) is 21.4. The molecule has 1 fully saturated rings. The van der Waals surface area contributed by atoms with E-state index >= 15 is 0 Å². The van der Waals surface area contributed by atoms with Crippen molar-refractivity contribution in [1.82, 2.24) is 14.9 Å². The van der Waals surface area contributed by atoms with Gasteiger partial charge in [-0.2, -0.15) is 0 Å². The Bertz CT molecular complexity index is 455. The quantitative estimate of drug-likeness (QED) is 0.907. The molecule has 0 aromatic carbocycles. The first-order chi connectivity index (χ1) is 8.61. The fourth-order valence-electron chi connectivity index (χ4n) is 1.83. The normalized spacial score (nSPS) is 20.9. The highest BCUT2D eigenvalue weighted by molar-refractivity contribution is 9.10. The summed E-state index contributed by atoms with van der Waals surface area (Å²) in [7, 11) is 0. The molecule has 2 heterocycles. The molecule has 7 heteroatoms. The van der Waals surface area contributed by atoms with E-state index < -0.39 is 5.97 Å². The average molecular weight is 316 g/mol. The van der Waals surface area contributed by atoms with Crippen LogP contribution < -0.4 is 0 Å². The number of nitrogens with zero attached hydrogens (tertiary/aromatic N) is 3. The number of aromatic nitrogens is 2. The molecule has 1 atom stereocenters. The van der Waals surface area contributed by atoms with Gasteiger partial charge in [0.1, 0.15) is 6.10 Å². The van der Waals surface area contributed by atoms with Gasteiger partial charge in [-0.1, -0.05) is 6.92 Å². The first-order valence-electron chi connectivity index (χ1n) is 5.71. The SMILES string of the molecule is CCN1CCOC(c2ncc(Br)c(C(=O)O)n2)C1. The van der Waals surface area contributed by atoms with Crippen LogP contribution in [-0.2, 0) is 4.74 Å². The van der Waals surface area contributed by atoms with Crippen molar-refractivity contribution in [2.75, 3.05) is 26.2 Å². The van der Waals surface area contributed by atoms with Crippen molar-refractivity contribution < 1.29 is 14.6 Å². The first kappa shape index (κ1) is 13.4. The van der Waals surface area contributed by atoms with Crippen molar-refractivity contribution in [1.29, 1.82) is 0 Å². The van der Waals surface area contributed by atoms with E-state index in [9.17, 15) is 4.79 Å². The number of morpholine rings is 1. The Hall–Kier alpha value is -1.05. The minimum absolute atomic E-state index is 0.0304. The zero-order valence-corrected chi connectivity index (χ0v) is 11.6.